The van der Waals surface area contributed by atoms with E-state index in [2.05, 4.69) is 5.16 Å². The number of aromatic nitrogens is 1. The third kappa shape index (κ3) is 2.32. The second-order valence-electron chi connectivity index (χ2n) is 5.17. The molecule has 0 radical (unpaired) electrons. The van der Waals surface area contributed by atoms with E-state index in [0.717, 1.165) is 5.56 Å². The molecule has 1 fully saturated rings. The standard InChI is InChI=1S/C15H16N2O3/c1-10-2-4-12(5-3-10)13-7-15(20-16-13)17-8-11(9-18)6-14(17)19/h2-5,7,11,18H,6,8-9H2,1H3. The van der Waals surface area contributed by atoms with Gasteiger partial charge >= 0.3 is 0 Å². The van der Waals surface area contributed by atoms with Gasteiger partial charge in [0, 0.05) is 37.1 Å². The molecule has 5 heteroatoms. The lowest BCUT2D eigenvalue weighted by Gasteiger charge is -2.10. The van der Waals surface area contributed by atoms with Gasteiger partial charge in [-0.1, -0.05) is 35.0 Å². The van der Waals surface area contributed by atoms with E-state index >= 15 is 0 Å². The lowest BCUT2D eigenvalue weighted by molar-refractivity contribution is -0.117. The molecule has 0 aliphatic carbocycles. The topological polar surface area (TPSA) is 66.6 Å². The lowest BCUT2D eigenvalue weighted by atomic mass is 10.1. The van der Waals surface area contributed by atoms with Crippen molar-refractivity contribution >= 4 is 11.8 Å². The maximum atomic E-state index is 11.9. The van der Waals surface area contributed by atoms with E-state index in [9.17, 15) is 4.79 Å². The summed E-state index contributed by atoms with van der Waals surface area (Å²) in [6, 6.07) is 9.72. The zero-order chi connectivity index (χ0) is 14.1. The van der Waals surface area contributed by atoms with Crippen LogP contribution in [0.25, 0.3) is 11.3 Å². The fourth-order valence-corrected chi connectivity index (χ4v) is 2.37. The predicted molar refractivity (Wildman–Crippen MR) is 74.2 cm³/mol. The second-order valence-corrected chi connectivity index (χ2v) is 5.17. The Labute approximate surface area is 116 Å². The van der Waals surface area contributed by atoms with E-state index in [1.165, 1.54) is 5.56 Å². The van der Waals surface area contributed by atoms with Crippen LogP contribution in [0.4, 0.5) is 5.88 Å². The Kier molecular flexibility index (Phi) is 3.28. The van der Waals surface area contributed by atoms with E-state index < -0.39 is 0 Å². The Morgan fingerprint density at radius 3 is 2.80 bits per heavy atom. The van der Waals surface area contributed by atoms with Crippen molar-refractivity contribution in [1.29, 1.82) is 0 Å². The Hall–Kier alpha value is -2.14. The number of anilines is 1. The van der Waals surface area contributed by atoms with Gasteiger partial charge in [-0.15, -0.1) is 0 Å². The van der Waals surface area contributed by atoms with Crippen LogP contribution >= 0.6 is 0 Å². The molecule has 1 aliphatic heterocycles. The monoisotopic (exact) mass is 272 g/mol. The summed E-state index contributed by atoms with van der Waals surface area (Å²) in [5.74, 6) is 0.396. The number of rotatable bonds is 3. The Morgan fingerprint density at radius 1 is 1.40 bits per heavy atom. The summed E-state index contributed by atoms with van der Waals surface area (Å²) in [4.78, 5) is 13.4. The quantitative estimate of drug-likeness (QED) is 0.928. The van der Waals surface area contributed by atoms with Crippen molar-refractivity contribution < 1.29 is 14.4 Å². The van der Waals surface area contributed by atoms with Crippen LogP contribution in [0.15, 0.2) is 34.9 Å². The van der Waals surface area contributed by atoms with E-state index in [0.29, 0.717) is 24.5 Å². The van der Waals surface area contributed by atoms with Gasteiger partial charge in [-0.05, 0) is 6.92 Å². The van der Waals surface area contributed by atoms with E-state index in [1.54, 1.807) is 11.0 Å². The molecule has 1 atom stereocenters. The summed E-state index contributed by atoms with van der Waals surface area (Å²) in [5.41, 5.74) is 2.84. The summed E-state index contributed by atoms with van der Waals surface area (Å²) in [7, 11) is 0. The van der Waals surface area contributed by atoms with Crippen LogP contribution in [-0.2, 0) is 4.79 Å². The number of carbonyl (C=O) groups excluding carboxylic acids is 1. The second kappa shape index (κ2) is 5.09. The maximum absolute atomic E-state index is 11.9. The van der Waals surface area contributed by atoms with Crippen LogP contribution in [0.3, 0.4) is 0 Å². The number of benzene rings is 1. The number of nitrogens with zero attached hydrogens (tertiary/aromatic N) is 2. The van der Waals surface area contributed by atoms with Crippen LogP contribution in [0, 0.1) is 12.8 Å². The normalized spacial score (nSPS) is 18.8. The van der Waals surface area contributed by atoms with Crippen molar-refractivity contribution in [2.75, 3.05) is 18.1 Å². The summed E-state index contributed by atoms with van der Waals surface area (Å²) in [5, 5.41) is 13.1. The average molecular weight is 272 g/mol. The first-order chi connectivity index (χ1) is 9.67. The fourth-order valence-electron chi connectivity index (χ4n) is 2.37. The summed E-state index contributed by atoms with van der Waals surface area (Å²) in [6.07, 6.45) is 0.358. The van der Waals surface area contributed by atoms with Crippen LogP contribution in [0.1, 0.15) is 12.0 Å². The third-order valence-corrected chi connectivity index (χ3v) is 3.57. The number of amides is 1. The van der Waals surface area contributed by atoms with E-state index in [4.69, 9.17) is 9.63 Å². The van der Waals surface area contributed by atoms with Gasteiger partial charge in [-0.3, -0.25) is 9.69 Å². The summed E-state index contributed by atoms with van der Waals surface area (Å²) < 4.78 is 5.27. The van der Waals surface area contributed by atoms with Gasteiger partial charge in [0.25, 0.3) is 0 Å². The zero-order valence-corrected chi connectivity index (χ0v) is 11.2. The zero-order valence-electron chi connectivity index (χ0n) is 11.2. The molecule has 1 aromatic heterocycles. The largest absolute Gasteiger partial charge is 0.396 e. The smallest absolute Gasteiger partial charge is 0.234 e. The number of aliphatic hydroxyl groups excluding tert-OH is 1. The number of hydrogen-bond acceptors (Lipinski definition) is 4. The van der Waals surface area contributed by atoms with E-state index in [-0.39, 0.29) is 18.4 Å². The molecule has 2 aromatic rings. The van der Waals surface area contributed by atoms with Crippen LogP contribution in [0.5, 0.6) is 0 Å². The van der Waals surface area contributed by atoms with Crippen molar-refractivity contribution in [3.63, 3.8) is 0 Å². The molecule has 2 heterocycles. The first-order valence-corrected chi connectivity index (χ1v) is 6.62. The summed E-state index contributed by atoms with van der Waals surface area (Å²) in [6.45, 7) is 2.52. The van der Waals surface area contributed by atoms with Gasteiger partial charge in [0.05, 0.1) is 0 Å². The Morgan fingerprint density at radius 2 is 2.15 bits per heavy atom. The minimum absolute atomic E-state index is 0.0151. The highest BCUT2D eigenvalue weighted by Crippen LogP contribution is 2.29. The van der Waals surface area contributed by atoms with Gasteiger partial charge in [-0.25, -0.2) is 0 Å². The summed E-state index contributed by atoms with van der Waals surface area (Å²) >= 11 is 0. The van der Waals surface area contributed by atoms with Gasteiger partial charge in [0.1, 0.15) is 5.69 Å². The number of aryl methyl sites for hydroxylation is 1. The molecule has 5 nitrogen and oxygen atoms in total. The van der Waals surface area contributed by atoms with Gasteiger partial charge in [-0.2, -0.15) is 0 Å². The average Bonchev–Trinajstić information content (AvgIpc) is 3.06. The SMILES string of the molecule is Cc1ccc(-c2cc(N3CC(CO)CC3=O)on2)cc1. The highest BCUT2D eigenvalue weighted by molar-refractivity contribution is 5.94. The van der Waals surface area contributed by atoms with Gasteiger partial charge in [0.15, 0.2) is 0 Å². The van der Waals surface area contributed by atoms with Crippen LogP contribution in [0.2, 0.25) is 0 Å². The molecule has 0 bridgehead atoms. The molecule has 1 saturated heterocycles. The highest BCUT2D eigenvalue weighted by Gasteiger charge is 2.32. The maximum Gasteiger partial charge on any atom is 0.234 e. The van der Waals surface area contributed by atoms with E-state index in [1.807, 2.05) is 31.2 Å². The molecule has 0 spiro atoms. The molecule has 104 valence electrons. The molecular formula is C15H16N2O3. The van der Waals surface area contributed by atoms with Crippen molar-refractivity contribution in [2.24, 2.45) is 5.92 Å². The van der Waals surface area contributed by atoms with Crippen molar-refractivity contribution in [2.45, 2.75) is 13.3 Å². The van der Waals surface area contributed by atoms with Gasteiger partial charge in [0.2, 0.25) is 11.8 Å². The minimum Gasteiger partial charge on any atom is -0.396 e. The van der Waals surface area contributed by atoms with Crippen molar-refractivity contribution in [3.8, 4) is 11.3 Å². The number of hydrogen-bond donors (Lipinski definition) is 1. The van der Waals surface area contributed by atoms with Gasteiger partial charge < -0.3 is 9.63 Å². The van der Waals surface area contributed by atoms with Crippen LogP contribution < -0.4 is 4.90 Å². The molecule has 1 aliphatic rings. The molecule has 1 N–H and O–H groups in total. The van der Waals surface area contributed by atoms with Crippen molar-refractivity contribution in [3.05, 3.63) is 35.9 Å². The van der Waals surface area contributed by atoms with Crippen molar-refractivity contribution in [1.82, 2.24) is 5.16 Å². The Balaban J connectivity index is 1.83. The molecular weight excluding hydrogens is 256 g/mol. The molecule has 1 unspecified atom stereocenters. The molecule has 20 heavy (non-hydrogen) atoms. The third-order valence-electron chi connectivity index (χ3n) is 3.57. The molecule has 1 aromatic carbocycles. The lowest BCUT2D eigenvalue weighted by Crippen LogP contribution is -2.24. The predicted octanol–water partition coefficient (Wildman–Crippen LogP) is 2.00. The first-order valence-electron chi connectivity index (χ1n) is 6.62. The molecule has 3 rings (SSSR count). The number of carbonyl (C=O) groups is 1. The highest BCUT2D eigenvalue weighted by atomic mass is 16.5. The molecule has 0 saturated carbocycles. The Bertz CT molecular complexity index is 618. The fraction of sp³-hybridized carbons (Fsp3) is 0.333. The first kappa shape index (κ1) is 12.9. The number of aliphatic hydroxyl groups is 1. The molecule has 1 amide bonds. The minimum atomic E-state index is -0.0318. The van der Waals surface area contributed by atoms with Crippen LogP contribution in [-0.4, -0.2) is 29.3 Å².